The minimum Gasteiger partial charge on any atom is -0.456 e. The van der Waals surface area contributed by atoms with Crippen molar-refractivity contribution < 1.29 is 9.47 Å². The highest BCUT2D eigenvalue weighted by Gasteiger charge is 2.24. The van der Waals surface area contributed by atoms with Crippen molar-refractivity contribution in [1.29, 1.82) is 0 Å². The molecule has 0 unspecified atom stereocenters. The summed E-state index contributed by atoms with van der Waals surface area (Å²) in [5.74, 6) is 2.32. The van der Waals surface area contributed by atoms with Crippen molar-refractivity contribution in [2.45, 2.75) is 6.61 Å². The van der Waals surface area contributed by atoms with E-state index in [1.165, 1.54) is 0 Å². The van der Waals surface area contributed by atoms with Crippen LogP contribution < -0.4 is 4.74 Å². The lowest BCUT2D eigenvalue weighted by Gasteiger charge is -2.10. The molecular formula is C20H20ClN3O2. The van der Waals surface area contributed by atoms with Gasteiger partial charge in [0.1, 0.15) is 29.6 Å². The van der Waals surface area contributed by atoms with Crippen LogP contribution >= 0.6 is 11.6 Å². The number of para-hydroxylation sites is 1. The van der Waals surface area contributed by atoms with Crippen LogP contribution in [0.2, 0.25) is 5.02 Å². The minimum absolute atomic E-state index is 0.430. The fraction of sp³-hybridized carbons (Fsp3) is 0.250. The Balaban J connectivity index is 1.73. The van der Waals surface area contributed by atoms with E-state index < -0.39 is 0 Å². The van der Waals surface area contributed by atoms with Crippen molar-refractivity contribution in [3.8, 4) is 34.0 Å². The zero-order valence-corrected chi connectivity index (χ0v) is 15.5. The first-order chi connectivity index (χ1) is 12.6. The van der Waals surface area contributed by atoms with E-state index >= 15 is 0 Å². The van der Waals surface area contributed by atoms with Crippen LogP contribution in [0.25, 0.3) is 22.5 Å². The van der Waals surface area contributed by atoms with Gasteiger partial charge < -0.3 is 19.4 Å². The van der Waals surface area contributed by atoms with Crippen LogP contribution in [0.15, 0.2) is 42.5 Å². The summed E-state index contributed by atoms with van der Waals surface area (Å²) in [6, 6.07) is 13.5. The molecule has 5 nitrogen and oxygen atoms in total. The summed E-state index contributed by atoms with van der Waals surface area (Å²) in [6.45, 7) is 1.95. The molecule has 0 fully saturated rings. The molecule has 0 atom stereocenters. The molecule has 1 aliphatic heterocycles. The Kier molecular flexibility index (Phi) is 4.68. The largest absolute Gasteiger partial charge is 0.456 e. The average molecular weight is 370 g/mol. The number of nitrogens with zero attached hydrogens (tertiary/aromatic N) is 2. The molecule has 6 heteroatoms. The van der Waals surface area contributed by atoms with Crippen molar-refractivity contribution in [1.82, 2.24) is 14.9 Å². The Hall–Kier alpha value is -2.34. The number of rotatable bonds is 5. The van der Waals surface area contributed by atoms with Gasteiger partial charge in [-0.1, -0.05) is 23.7 Å². The van der Waals surface area contributed by atoms with Gasteiger partial charge in [-0.2, -0.15) is 0 Å². The molecule has 26 heavy (non-hydrogen) atoms. The highest BCUT2D eigenvalue weighted by Crippen LogP contribution is 2.46. The third-order valence-electron chi connectivity index (χ3n) is 4.25. The standard InChI is InChI=1S/C20H20ClN3O2/c1-24(2)9-10-25-12-18-22-19-14-5-3-4-6-16(14)26-17-8-7-13(21)11-15(17)20(19)23-18/h3-8,11H,9-10,12H2,1-2H3,(H,22,23). The number of H-pyrrole nitrogens is 1. The summed E-state index contributed by atoms with van der Waals surface area (Å²) >= 11 is 6.22. The van der Waals surface area contributed by atoms with Crippen molar-refractivity contribution in [2.75, 3.05) is 27.2 Å². The summed E-state index contributed by atoms with van der Waals surface area (Å²) in [5, 5.41) is 0.649. The van der Waals surface area contributed by atoms with Crippen LogP contribution in [0.4, 0.5) is 0 Å². The molecule has 0 bridgehead atoms. The lowest BCUT2D eigenvalue weighted by Crippen LogP contribution is -2.18. The zero-order valence-electron chi connectivity index (χ0n) is 14.8. The van der Waals surface area contributed by atoms with Crippen molar-refractivity contribution in [2.24, 2.45) is 0 Å². The molecule has 2 aromatic carbocycles. The molecule has 2 heterocycles. The van der Waals surface area contributed by atoms with E-state index in [1.54, 1.807) is 0 Å². The van der Waals surface area contributed by atoms with Crippen LogP contribution in [-0.4, -0.2) is 42.1 Å². The number of halogens is 1. The summed E-state index contributed by atoms with van der Waals surface area (Å²) in [6.07, 6.45) is 0. The van der Waals surface area contributed by atoms with Gasteiger partial charge in [0.25, 0.3) is 0 Å². The first kappa shape index (κ1) is 17.1. The second-order valence-corrected chi connectivity index (χ2v) is 6.94. The SMILES string of the molecule is CN(C)CCOCc1nc2c([nH]1)-c1ccccc1Oc1ccc(Cl)cc1-2. The number of nitrogens with one attached hydrogen (secondary N) is 1. The number of aromatic nitrogens is 2. The predicted octanol–water partition coefficient (Wildman–Crippen LogP) is 4.58. The van der Waals surface area contributed by atoms with Crippen LogP contribution in [0.5, 0.6) is 11.5 Å². The van der Waals surface area contributed by atoms with Gasteiger partial charge in [0.05, 0.1) is 12.3 Å². The fourth-order valence-electron chi connectivity index (χ4n) is 2.95. The zero-order chi connectivity index (χ0) is 18.1. The van der Waals surface area contributed by atoms with E-state index in [4.69, 9.17) is 26.1 Å². The van der Waals surface area contributed by atoms with Gasteiger partial charge in [-0.15, -0.1) is 0 Å². The number of imidazole rings is 1. The first-order valence-corrected chi connectivity index (χ1v) is 8.88. The van der Waals surface area contributed by atoms with Gasteiger partial charge in [-0.05, 0) is 44.4 Å². The van der Waals surface area contributed by atoms with Crippen LogP contribution in [-0.2, 0) is 11.3 Å². The van der Waals surface area contributed by atoms with Crippen molar-refractivity contribution >= 4 is 11.6 Å². The van der Waals surface area contributed by atoms with Crippen molar-refractivity contribution in [3.05, 3.63) is 53.3 Å². The predicted molar refractivity (Wildman–Crippen MR) is 103 cm³/mol. The number of ether oxygens (including phenoxy) is 2. The van der Waals surface area contributed by atoms with Gasteiger partial charge in [0, 0.05) is 22.7 Å². The fourth-order valence-corrected chi connectivity index (χ4v) is 3.13. The molecule has 1 aromatic heterocycles. The molecular weight excluding hydrogens is 350 g/mol. The molecule has 134 valence electrons. The normalized spacial score (nSPS) is 12.2. The van der Waals surface area contributed by atoms with Gasteiger partial charge in [0.2, 0.25) is 0 Å². The number of benzene rings is 2. The molecule has 0 amide bonds. The highest BCUT2D eigenvalue weighted by atomic mass is 35.5. The molecule has 3 aromatic rings. The smallest absolute Gasteiger partial charge is 0.137 e. The van der Waals surface area contributed by atoms with Crippen LogP contribution in [0, 0.1) is 0 Å². The summed E-state index contributed by atoms with van der Waals surface area (Å²) in [4.78, 5) is 10.3. The number of aromatic amines is 1. The molecule has 1 aliphatic rings. The Morgan fingerprint density at radius 3 is 2.77 bits per heavy atom. The van der Waals surface area contributed by atoms with E-state index in [9.17, 15) is 0 Å². The van der Waals surface area contributed by atoms with Crippen LogP contribution in [0.3, 0.4) is 0 Å². The van der Waals surface area contributed by atoms with Gasteiger partial charge in [-0.3, -0.25) is 0 Å². The highest BCUT2D eigenvalue weighted by molar-refractivity contribution is 6.31. The van der Waals surface area contributed by atoms with Gasteiger partial charge >= 0.3 is 0 Å². The molecule has 0 aliphatic carbocycles. The number of hydrogen-bond donors (Lipinski definition) is 1. The summed E-state index contributed by atoms with van der Waals surface area (Å²) in [7, 11) is 4.05. The Morgan fingerprint density at radius 2 is 1.92 bits per heavy atom. The minimum atomic E-state index is 0.430. The number of hydrogen-bond acceptors (Lipinski definition) is 4. The first-order valence-electron chi connectivity index (χ1n) is 8.50. The van der Waals surface area contributed by atoms with Crippen LogP contribution in [0.1, 0.15) is 5.82 Å². The monoisotopic (exact) mass is 369 g/mol. The lowest BCUT2D eigenvalue weighted by atomic mass is 10.1. The third kappa shape index (κ3) is 3.33. The topological polar surface area (TPSA) is 50.4 Å². The quantitative estimate of drug-likeness (QED) is 0.523. The maximum atomic E-state index is 6.22. The van der Waals surface area contributed by atoms with E-state index in [1.807, 2.05) is 56.6 Å². The Morgan fingerprint density at radius 1 is 1.12 bits per heavy atom. The molecule has 0 radical (unpaired) electrons. The lowest BCUT2D eigenvalue weighted by molar-refractivity contribution is 0.101. The number of fused-ring (bicyclic) bond motifs is 5. The van der Waals surface area contributed by atoms with Gasteiger partial charge in [-0.25, -0.2) is 4.98 Å². The molecule has 4 rings (SSSR count). The average Bonchev–Trinajstić information content (AvgIpc) is 2.99. The van der Waals surface area contributed by atoms with Crippen molar-refractivity contribution in [3.63, 3.8) is 0 Å². The summed E-state index contributed by atoms with van der Waals surface area (Å²) < 4.78 is 11.9. The molecule has 0 spiro atoms. The maximum Gasteiger partial charge on any atom is 0.137 e. The third-order valence-corrected chi connectivity index (χ3v) is 4.48. The molecule has 0 saturated carbocycles. The van der Waals surface area contributed by atoms with Gasteiger partial charge in [0.15, 0.2) is 0 Å². The Labute approximate surface area is 157 Å². The second kappa shape index (κ2) is 7.11. The summed E-state index contributed by atoms with van der Waals surface area (Å²) in [5.41, 5.74) is 3.60. The molecule has 1 N–H and O–H groups in total. The Bertz CT molecular complexity index is 937. The van der Waals surface area contributed by atoms with E-state index in [0.29, 0.717) is 18.2 Å². The van der Waals surface area contributed by atoms with E-state index in [2.05, 4.69) is 9.88 Å². The number of likely N-dealkylation sites (N-methyl/N-ethyl adjacent to an activating group) is 1. The maximum absolute atomic E-state index is 6.22. The molecule has 0 saturated heterocycles. The van der Waals surface area contributed by atoms with E-state index in [0.717, 1.165) is 46.4 Å². The second-order valence-electron chi connectivity index (χ2n) is 6.50. The van der Waals surface area contributed by atoms with E-state index in [-0.39, 0.29) is 0 Å².